The molecule has 0 aliphatic rings. The van der Waals surface area contributed by atoms with E-state index in [2.05, 4.69) is 31.3 Å². The number of amides is 2. The second-order valence-electron chi connectivity index (χ2n) is 4.83. The molecule has 1 aromatic carbocycles. The van der Waals surface area contributed by atoms with Crippen LogP contribution in [0.1, 0.15) is 19.4 Å². The summed E-state index contributed by atoms with van der Waals surface area (Å²) in [6.07, 6.45) is 2.47. The molecule has 0 heterocycles. The highest BCUT2D eigenvalue weighted by Crippen LogP contribution is 2.25. The predicted molar refractivity (Wildman–Crippen MR) is 86.1 cm³/mol. The minimum Gasteiger partial charge on any atom is -0.434 e. The van der Waals surface area contributed by atoms with Crippen LogP contribution in [0.3, 0.4) is 0 Å². The Balaban J connectivity index is 2.67. The van der Waals surface area contributed by atoms with Crippen molar-refractivity contribution in [3.05, 3.63) is 34.3 Å². The van der Waals surface area contributed by atoms with Gasteiger partial charge in [0.05, 0.1) is 6.54 Å². The van der Waals surface area contributed by atoms with Crippen LogP contribution in [0.25, 0.3) is 6.08 Å². The van der Waals surface area contributed by atoms with Gasteiger partial charge >= 0.3 is 6.61 Å². The number of halogens is 3. The number of carbonyl (C=O) groups excluding carboxylic acids is 2. The van der Waals surface area contributed by atoms with Gasteiger partial charge in [0.25, 0.3) is 0 Å². The third-order valence-corrected chi connectivity index (χ3v) is 2.97. The molecule has 0 fully saturated rings. The molecule has 0 aliphatic heterocycles. The zero-order chi connectivity index (χ0) is 17.4. The number of ether oxygens (including phenoxy) is 1. The van der Waals surface area contributed by atoms with Gasteiger partial charge in [-0.15, -0.1) is 0 Å². The van der Waals surface area contributed by atoms with Crippen LogP contribution in [-0.4, -0.2) is 31.0 Å². The van der Waals surface area contributed by atoms with Crippen molar-refractivity contribution in [1.29, 1.82) is 0 Å². The van der Waals surface area contributed by atoms with Crippen molar-refractivity contribution >= 4 is 33.8 Å². The van der Waals surface area contributed by atoms with E-state index in [1.165, 1.54) is 18.2 Å². The predicted octanol–water partition coefficient (Wildman–Crippen LogP) is 2.70. The van der Waals surface area contributed by atoms with E-state index in [1.807, 2.05) is 0 Å². The Hall–Kier alpha value is -1.96. The van der Waals surface area contributed by atoms with Gasteiger partial charge in [-0.1, -0.05) is 15.9 Å². The molecule has 0 atom stereocenters. The number of hydrogen-bond donors (Lipinski definition) is 2. The second-order valence-corrected chi connectivity index (χ2v) is 5.75. The molecule has 1 rings (SSSR count). The molecule has 0 saturated carbocycles. The Morgan fingerprint density at radius 2 is 2.04 bits per heavy atom. The van der Waals surface area contributed by atoms with Crippen molar-refractivity contribution in [2.75, 3.05) is 6.54 Å². The fourth-order valence-electron chi connectivity index (χ4n) is 1.62. The first-order valence-corrected chi connectivity index (χ1v) is 7.57. The first kappa shape index (κ1) is 19.1. The van der Waals surface area contributed by atoms with Crippen molar-refractivity contribution in [3.63, 3.8) is 0 Å². The van der Waals surface area contributed by atoms with E-state index in [9.17, 15) is 18.4 Å². The average molecular weight is 391 g/mol. The van der Waals surface area contributed by atoms with Gasteiger partial charge in [-0.3, -0.25) is 9.59 Å². The Bertz CT molecular complexity index is 592. The summed E-state index contributed by atoms with van der Waals surface area (Å²) in [6.45, 7) is 0.478. The van der Waals surface area contributed by atoms with E-state index in [1.54, 1.807) is 19.9 Å². The minimum atomic E-state index is -2.96. The summed E-state index contributed by atoms with van der Waals surface area (Å²) in [6, 6.07) is 4.42. The van der Waals surface area contributed by atoms with E-state index >= 15 is 0 Å². The van der Waals surface area contributed by atoms with Crippen molar-refractivity contribution in [2.24, 2.45) is 0 Å². The molecular formula is C15H17BrF2N2O3. The van der Waals surface area contributed by atoms with E-state index in [0.717, 1.165) is 6.08 Å². The summed E-state index contributed by atoms with van der Waals surface area (Å²) in [5.41, 5.74) is 0.307. The maximum absolute atomic E-state index is 12.3. The third kappa shape index (κ3) is 7.73. The van der Waals surface area contributed by atoms with Gasteiger partial charge < -0.3 is 15.4 Å². The zero-order valence-electron chi connectivity index (χ0n) is 12.6. The van der Waals surface area contributed by atoms with E-state index in [0.29, 0.717) is 10.0 Å². The minimum absolute atomic E-state index is 0.0225. The fourth-order valence-corrected chi connectivity index (χ4v) is 2.00. The van der Waals surface area contributed by atoms with Crippen LogP contribution in [0.4, 0.5) is 8.78 Å². The van der Waals surface area contributed by atoms with Crippen LogP contribution >= 0.6 is 15.9 Å². The highest BCUT2D eigenvalue weighted by atomic mass is 79.9. The lowest BCUT2D eigenvalue weighted by molar-refractivity contribution is -0.124. The third-order valence-electron chi connectivity index (χ3n) is 2.47. The van der Waals surface area contributed by atoms with Gasteiger partial charge in [0, 0.05) is 22.2 Å². The molecule has 2 amide bonds. The molecule has 0 unspecified atom stereocenters. The standard InChI is InChI=1S/C15H17BrF2N2O3/c1-9(2)20-14(22)8-19-13(21)6-3-10-7-11(16)4-5-12(10)23-15(17)18/h3-7,9,15H,8H2,1-2H3,(H,19,21)(H,20,22)/b6-3+. The molecule has 2 N–H and O–H groups in total. The van der Waals surface area contributed by atoms with Crippen LogP contribution in [-0.2, 0) is 9.59 Å². The summed E-state index contributed by atoms with van der Waals surface area (Å²) in [7, 11) is 0. The topological polar surface area (TPSA) is 67.4 Å². The smallest absolute Gasteiger partial charge is 0.387 e. The number of benzene rings is 1. The average Bonchev–Trinajstić information content (AvgIpc) is 2.44. The van der Waals surface area contributed by atoms with E-state index in [4.69, 9.17) is 0 Å². The molecule has 8 heteroatoms. The maximum Gasteiger partial charge on any atom is 0.387 e. The molecule has 126 valence electrons. The maximum atomic E-state index is 12.3. The molecule has 0 aliphatic carbocycles. The highest BCUT2D eigenvalue weighted by molar-refractivity contribution is 9.10. The lowest BCUT2D eigenvalue weighted by Crippen LogP contribution is -2.39. The SMILES string of the molecule is CC(C)NC(=O)CNC(=O)/C=C/c1cc(Br)ccc1OC(F)F. The molecule has 23 heavy (non-hydrogen) atoms. The van der Waals surface area contributed by atoms with Crippen LogP contribution in [0.15, 0.2) is 28.7 Å². The number of hydrogen-bond acceptors (Lipinski definition) is 3. The second kappa shape index (κ2) is 9.24. The van der Waals surface area contributed by atoms with Crippen LogP contribution < -0.4 is 15.4 Å². The number of alkyl halides is 2. The number of carbonyl (C=O) groups is 2. The molecule has 0 spiro atoms. The first-order valence-electron chi connectivity index (χ1n) is 6.77. The van der Waals surface area contributed by atoms with Gasteiger partial charge in [0.15, 0.2) is 0 Å². The van der Waals surface area contributed by atoms with Gasteiger partial charge in [-0.05, 0) is 38.1 Å². The Kier molecular flexibility index (Phi) is 7.67. The van der Waals surface area contributed by atoms with Crippen molar-refractivity contribution in [3.8, 4) is 5.75 Å². The Morgan fingerprint density at radius 1 is 1.35 bits per heavy atom. The lowest BCUT2D eigenvalue weighted by atomic mass is 10.2. The van der Waals surface area contributed by atoms with Crippen LogP contribution in [0, 0.1) is 0 Å². The summed E-state index contributed by atoms with van der Waals surface area (Å²) in [5, 5.41) is 5.02. The Labute approximate surface area is 141 Å². The summed E-state index contributed by atoms with van der Waals surface area (Å²) in [5.74, 6) is -0.886. The van der Waals surface area contributed by atoms with Crippen molar-refractivity contribution < 1.29 is 23.1 Å². The van der Waals surface area contributed by atoms with Gasteiger partial charge in [0.2, 0.25) is 11.8 Å². The lowest BCUT2D eigenvalue weighted by Gasteiger charge is -2.09. The van der Waals surface area contributed by atoms with Gasteiger partial charge in [0.1, 0.15) is 5.75 Å². The molecule has 0 aromatic heterocycles. The number of nitrogens with one attached hydrogen (secondary N) is 2. The van der Waals surface area contributed by atoms with Crippen molar-refractivity contribution in [2.45, 2.75) is 26.5 Å². The van der Waals surface area contributed by atoms with E-state index in [-0.39, 0.29) is 24.2 Å². The molecule has 0 saturated heterocycles. The molecule has 5 nitrogen and oxygen atoms in total. The quantitative estimate of drug-likeness (QED) is 0.703. The normalized spacial score (nSPS) is 11.1. The summed E-state index contributed by atoms with van der Waals surface area (Å²) < 4.78 is 29.7. The molecular weight excluding hydrogens is 374 g/mol. The molecule has 0 bridgehead atoms. The molecule has 0 radical (unpaired) electrons. The Morgan fingerprint density at radius 3 is 2.65 bits per heavy atom. The van der Waals surface area contributed by atoms with Crippen molar-refractivity contribution in [1.82, 2.24) is 10.6 Å². The van der Waals surface area contributed by atoms with E-state index < -0.39 is 12.5 Å². The van der Waals surface area contributed by atoms with Crippen LogP contribution in [0.5, 0.6) is 5.75 Å². The first-order chi connectivity index (χ1) is 10.8. The number of rotatable bonds is 7. The van der Waals surface area contributed by atoms with Gasteiger partial charge in [-0.25, -0.2) is 0 Å². The zero-order valence-corrected chi connectivity index (χ0v) is 14.2. The van der Waals surface area contributed by atoms with Crippen LogP contribution in [0.2, 0.25) is 0 Å². The summed E-state index contributed by atoms with van der Waals surface area (Å²) in [4.78, 5) is 23.0. The largest absolute Gasteiger partial charge is 0.434 e. The van der Waals surface area contributed by atoms with Gasteiger partial charge in [-0.2, -0.15) is 8.78 Å². The summed E-state index contributed by atoms with van der Waals surface area (Å²) >= 11 is 3.21. The highest BCUT2D eigenvalue weighted by Gasteiger charge is 2.09. The molecule has 1 aromatic rings. The fraction of sp³-hybridized carbons (Fsp3) is 0.333. The monoisotopic (exact) mass is 390 g/mol.